The zero-order valence-corrected chi connectivity index (χ0v) is 7.16. The fraction of sp³-hybridized carbons (Fsp3) is 0.889. The van der Waals surface area contributed by atoms with Gasteiger partial charge < -0.3 is 10.5 Å². The summed E-state index contributed by atoms with van der Waals surface area (Å²) in [5.41, 5.74) is 5.83. The molecule has 2 atom stereocenters. The Bertz CT molecular complexity index is 183. The lowest BCUT2D eigenvalue weighted by Gasteiger charge is -2.15. The Morgan fingerprint density at radius 2 is 2.17 bits per heavy atom. The molecule has 1 aliphatic heterocycles. The molecule has 12 heavy (non-hydrogen) atoms. The minimum Gasteiger partial charge on any atom is -0.381 e. The molecular weight excluding hydrogens is 154 g/mol. The Morgan fingerprint density at radius 3 is 2.67 bits per heavy atom. The topological polar surface area (TPSA) is 52.3 Å². The molecular formula is C9H15NO2. The van der Waals surface area contributed by atoms with E-state index < -0.39 is 0 Å². The highest BCUT2D eigenvalue weighted by atomic mass is 16.5. The van der Waals surface area contributed by atoms with Gasteiger partial charge in [0.05, 0.1) is 12.6 Å². The molecule has 1 aliphatic carbocycles. The first kappa shape index (κ1) is 8.20. The van der Waals surface area contributed by atoms with Crippen LogP contribution in [0.5, 0.6) is 0 Å². The largest absolute Gasteiger partial charge is 0.381 e. The fourth-order valence-electron chi connectivity index (χ4n) is 1.71. The summed E-state index contributed by atoms with van der Waals surface area (Å²) in [6.07, 6.45) is 3.07. The predicted octanol–water partition coefficient (Wildman–Crippen LogP) is 0.329. The first-order valence-corrected chi connectivity index (χ1v) is 4.66. The summed E-state index contributed by atoms with van der Waals surface area (Å²) in [5, 5.41) is 0. The highest BCUT2D eigenvalue weighted by molar-refractivity contribution is 5.88. The molecule has 3 nitrogen and oxygen atoms in total. The van der Waals surface area contributed by atoms with Crippen LogP contribution in [0.2, 0.25) is 0 Å². The van der Waals surface area contributed by atoms with E-state index in [2.05, 4.69) is 0 Å². The molecule has 0 amide bonds. The molecule has 0 aromatic carbocycles. The number of nitrogens with two attached hydrogens (primary N) is 1. The van der Waals surface area contributed by atoms with Crippen molar-refractivity contribution in [1.29, 1.82) is 0 Å². The predicted molar refractivity (Wildman–Crippen MR) is 44.6 cm³/mol. The van der Waals surface area contributed by atoms with Gasteiger partial charge in [0, 0.05) is 18.4 Å². The second-order valence-electron chi connectivity index (χ2n) is 3.83. The van der Waals surface area contributed by atoms with Crippen molar-refractivity contribution in [2.75, 3.05) is 13.2 Å². The van der Waals surface area contributed by atoms with Crippen LogP contribution in [0.3, 0.4) is 0 Å². The molecule has 68 valence electrons. The zero-order chi connectivity index (χ0) is 8.55. The second kappa shape index (κ2) is 3.15. The summed E-state index contributed by atoms with van der Waals surface area (Å²) in [4.78, 5) is 11.5. The number of hydrogen-bond donors (Lipinski definition) is 1. The number of rotatable bonds is 3. The van der Waals surface area contributed by atoms with Gasteiger partial charge in [0.25, 0.3) is 0 Å². The fourth-order valence-corrected chi connectivity index (χ4v) is 1.71. The van der Waals surface area contributed by atoms with Crippen molar-refractivity contribution in [1.82, 2.24) is 0 Å². The summed E-state index contributed by atoms with van der Waals surface area (Å²) < 4.78 is 5.20. The SMILES string of the molecule is NC(C(=O)C1CC1)C1CCOC1. The Labute approximate surface area is 72.3 Å². The molecule has 1 saturated heterocycles. The lowest BCUT2D eigenvalue weighted by Crippen LogP contribution is -2.39. The quantitative estimate of drug-likeness (QED) is 0.662. The number of ether oxygens (including phenoxy) is 1. The van der Waals surface area contributed by atoms with E-state index in [1.165, 1.54) is 0 Å². The third-order valence-corrected chi connectivity index (χ3v) is 2.78. The molecule has 2 fully saturated rings. The highest BCUT2D eigenvalue weighted by Crippen LogP contribution is 2.32. The third kappa shape index (κ3) is 1.52. The average molecular weight is 169 g/mol. The van der Waals surface area contributed by atoms with Gasteiger partial charge in [-0.1, -0.05) is 0 Å². The molecule has 2 rings (SSSR count). The Morgan fingerprint density at radius 1 is 1.42 bits per heavy atom. The van der Waals surface area contributed by atoms with Crippen molar-refractivity contribution < 1.29 is 9.53 Å². The van der Waals surface area contributed by atoms with Gasteiger partial charge in [-0.2, -0.15) is 0 Å². The van der Waals surface area contributed by atoms with Crippen molar-refractivity contribution in [3.8, 4) is 0 Å². The first-order valence-electron chi connectivity index (χ1n) is 4.66. The number of carbonyl (C=O) groups is 1. The minimum absolute atomic E-state index is 0.250. The van der Waals surface area contributed by atoms with Crippen LogP contribution in [-0.2, 0) is 9.53 Å². The van der Waals surface area contributed by atoms with Gasteiger partial charge in [-0.15, -0.1) is 0 Å². The molecule has 0 bridgehead atoms. The van der Waals surface area contributed by atoms with Gasteiger partial charge in [-0.3, -0.25) is 4.79 Å². The van der Waals surface area contributed by atoms with Crippen LogP contribution >= 0.6 is 0 Å². The number of hydrogen-bond acceptors (Lipinski definition) is 3. The molecule has 2 N–H and O–H groups in total. The van der Waals surface area contributed by atoms with Crippen molar-refractivity contribution in [2.24, 2.45) is 17.6 Å². The number of Topliss-reactive ketones (excluding diaryl/α,β-unsaturated/α-hetero) is 1. The van der Waals surface area contributed by atoms with E-state index in [9.17, 15) is 4.79 Å². The van der Waals surface area contributed by atoms with Crippen LogP contribution in [0.15, 0.2) is 0 Å². The van der Waals surface area contributed by atoms with E-state index in [-0.39, 0.29) is 17.7 Å². The van der Waals surface area contributed by atoms with E-state index in [4.69, 9.17) is 10.5 Å². The molecule has 2 aliphatic rings. The van der Waals surface area contributed by atoms with Gasteiger partial charge in [0.2, 0.25) is 0 Å². The Hall–Kier alpha value is -0.410. The molecule has 1 saturated carbocycles. The molecule has 0 aromatic heterocycles. The van der Waals surface area contributed by atoms with Crippen LogP contribution in [0.25, 0.3) is 0 Å². The molecule has 3 heteroatoms. The molecule has 0 spiro atoms. The van der Waals surface area contributed by atoms with Crippen molar-refractivity contribution in [2.45, 2.75) is 25.3 Å². The third-order valence-electron chi connectivity index (χ3n) is 2.78. The summed E-state index contributed by atoms with van der Waals surface area (Å²) >= 11 is 0. The lowest BCUT2D eigenvalue weighted by molar-refractivity contribution is -0.122. The molecule has 2 unspecified atom stereocenters. The molecule has 1 heterocycles. The van der Waals surface area contributed by atoms with Crippen molar-refractivity contribution in [3.63, 3.8) is 0 Å². The average Bonchev–Trinajstić information content (AvgIpc) is 2.79. The number of carbonyl (C=O) groups excluding carboxylic acids is 1. The van der Waals surface area contributed by atoms with Crippen LogP contribution in [-0.4, -0.2) is 25.0 Å². The summed E-state index contributed by atoms with van der Waals surface area (Å²) in [5.74, 6) is 0.851. The summed E-state index contributed by atoms with van der Waals surface area (Å²) in [7, 11) is 0. The van der Waals surface area contributed by atoms with E-state index in [0.717, 1.165) is 25.9 Å². The zero-order valence-electron chi connectivity index (χ0n) is 7.16. The van der Waals surface area contributed by atoms with Crippen LogP contribution < -0.4 is 5.73 Å². The van der Waals surface area contributed by atoms with E-state index in [1.807, 2.05) is 0 Å². The maximum atomic E-state index is 11.5. The minimum atomic E-state index is -0.250. The maximum Gasteiger partial charge on any atom is 0.152 e. The monoisotopic (exact) mass is 169 g/mol. The van der Waals surface area contributed by atoms with Crippen molar-refractivity contribution >= 4 is 5.78 Å². The molecule has 0 radical (unpaired) electrons. The smallest absolute Gasteiger partial charge is 0.152 e. The van der Waals surface area contributed by atoms with Gasteiger partial charge in [0.15, 0.2) is 5.78 Å². The molecule has 0 aromatic rings. The summed E-state index contributed by atoms with van der Waals surface area (Å²) in [6.45, 7) is 1.45. The van der Waals surface area contributed by atoms with Gasteiger partial charge in [-0.05, 0) is 19.3 Å². The Kier molecular flexibility index (Phi) is 2.15. The van der Waals surface area contributed by atoms with Gasteiger partial charge in [-0.25, -0.2) is 0 Å². The van der Waals surface area contributed by atoms with Crippen LogP contribution in [0.4, 0.5) is 0 Å². The van der Waals surface area contributed by atoms with E-state index >= 15 is 0 Å². The van der Waals surface area contributed by atoms with E-state index in [0.29, 0.717) is 12.5 Å². The second-order valence-corrected chi connectivity index (χ2v) is 3.83. The highest BCUT2D eigenvalue weighted by Gasteiger charge is 2.37. The van der Waals surface area contributed by atoms with Gasteiger partial charge >= 0.3 is 0 Å². The normalized spacial score (nSPS) is 31.9. The first-order chi connectivity index (χ1) is 5.79. The van der Waals surface area contributed by atoms with Crippen LogP contribution in [0.1, 0.15) is 19.3 Å². The lowest BCUT2D eigenvalue weighted by atomic mass is 9.94. The number of ketones is 1. The standard InChI is InChI=1S/C9H15NO2/c10-8(7-3-4-12-5-7)9(11)6-1-2-6/h6-8H,1-5,10H2. The van der Waals surface area contributed by atoms with Crippen LogP contribution in [0, 0.1) is 11.8 Å². The summed E-state index contributed by atoms with van der Waals surface area (Å²) in [6, 6.07) is -0.250. The Balaban J connectivity index is 1.88. The van der Waals surface area contributed by atoms with Gasteiger partial charge in [0.1, 0.15) is 0 Å². The van der Waals surface area contributed by atoms with Crippen molar-refractivity contribution in [3.05, 3.63) is 0 Å². The maximum absolute atomic E-state index is 11.5. The van der Waals surface area contributed by atoms with E-state index in [1.54, 1.807) is 0 Å².